The molecule has 194 valence electrons. The lowest BCUT2D eigenvalue weighted by Gasteiger charge is -2.31. The summed E-state index contributed by atoms with van der Waals surface area (Å²) in [5, 5.41) is 0. The molecule has 0 spiro atoms. The molecule has 2 unspecified atom stereocenters. The van der Waals surface area contributed by atoms with E-state index in [1.54, 1.807) is 0 Å². The van der Waals surface area contributed by atoms with Gasteiger partial charge in [0.2, 0.25) is 0 Å². The number of unbranched alkanes of at least 4 members (excludes halogenated alkanes) is 4. The second-order valence-corrected chi connectivity index (χ2v) is 11.9. The highest BCUT2D eigenvalue weighted by Gasteiger charge is 2.24. The highest BCUT2D eigenvalue weighted by atomic mass is 16.5. The SMILES string of the molecule is CCCCCCC1CCC(CCc2ccc(OCCCC3CCCCC3CCCC)cc2)CC1. The lowest BCUT2D eigenvalue weighted by atomic mass is 9.75. The van der Waals surface area contributed by atoms with E-state index in [-0.39, 0.29) is 0 Å². The normalized spacial score (nSPS) is 25.4. The molecule has 1 nitrogen and oxygen atoms in total. The predicted octanol–water partition coefficient (Wildman–Crippen LogP) is 10.6. The summed E-state index contributed by atoms with van der Waals surface area (Å²) in [5.41, 5.74) is 1.50. The third kappa shape index (κ3) is 10.3. The minimum Gasteiger partial charge on any atom is -0.494 e. The molecule has 0 aromatic heterocycles. The molecule has 0 saturated heterocycles. The Hall–Kier alpha value is -0.980. The zero-order valence-electron chi connectivity index (χ0n) is 22.9. The van der Waals surface area contributed by atoms with Crippen LogP contribution in [0, 0.1) is 23.7 Å². The van der Waals surface area contributed by atoms with Crippen LogP contribution < -0.4 is 4.74 Å². The first kappa shape index (κ1) is 27.6. The Morgan fingerprint density at radius 3 is 1.88 bits per heavy atom. The first-order valence-corrected chi connectivity index (χ1v) is 15.5. The van der Waals surface area contributed by atoms with E-state index < -0.39 is 0 Å². The Labute approximate surface area is 212 Å². The van der Waals surface area contributed by atoms with Crippen LogP contribution in [0.1, 0.15) is 141 Å². The van der Waals surface area contributed by atoms with Crippen molar-refractivity contribution in [3.63, 3.8) is 0 Å². The molecule has 2 fully saturated rings. The fourth-order valence-electron chi connectivity index (χ4n) is 6.84. The minimum atomic E-state index is 0.887. The fourth-order valence-corrected chi connectivity index (χ4v) is 6.84. The smallest absolute Gasteiger partial charge is 0.119 e. The van der Waals surface area contributed by atoms with Crippen molar-refractivity contribution < 1.29 is 4.74 Å². The van der Waals surface area contributed by atoms with E-state index in [1.165, 1.54) is 134 Å². The first-order chi connectivity index (χ1) is 16.8. The number of hydrogen-bond donors (Lipinski definition) is 0. The molecule has 2 aliphatic carbocycles. The van der Waals surface area contributed by atoms with E-state index in [9.17, 15) is 0 Å². The number of hydrogen-bond acceptors (Lipinski definition) is 1. The summed E-state index contributed by atoms with van der Waals surface area (Å²) in [7, 11) is 0. The molecule has 0 radical (unpaired) electrons. The molecule has 1 aromatic rings. The molecule has 0 aliphatic heterocycles. The number of benzene rings is 1. The van der Waals surface area contributed by atoms with Gasteiger partial charge in [0, 0.05) is 0 Å². The zero-order valence-corrected chi connectivity index (χ0v) is 22.9. The molecule has 1 aromatic carbocycles. The molecule has 34 heavy (non-hydrogen) atoms. The van der Waals surface area contributed by atoms with E-state index in [0.29, 0.717) is 0 Å². The number of rotatable bonds is 16. The molecule has 0 amide bonds. The third-order valence-corrected chi connectivity index (χ3v) is 9.18. The van der Waals surface area contributed by atoms with Crippen LogP contribution >= 0.6 is 0 Å². The van der Waals surface area contributed by atoms with Crippen molar-refractivity contribution in [1.82, 2.24) is 0 Å². The summed E-state index contributed by atoms with van der Waals surface area (Å²) < 4.78 is 6.12. The van der Waals surface area contributed by atoms with Crippen LogP contribution in [-0.4, -0.2) is 6.61 Å². The summed E-state index contributed by atoms with van der Waals surface area (Å²) in [6.45, 7) is 5.53. The minimum absolute atomic E-state index is 0.887. The molecule has 0 bridgehead atoms. The van der Waals surface area contributed by atoms with E-state index in [4.69, 9.17) is 4.74 Å². The van der Waals surface area contributed by atoms with E-state index in [1.807, 2.05) is 0 Å². The standard InChI is InChI=1S/C33H56O/c1-3-5-7-8-12-28-17-19-29(20-18-28)21-22-30-23-25-33(26-24-30)34-27-11-16-32-15-10-9-14-31(32)13-6-4-2/h23-26,28-29,31-32H,3-22,27H2,1-2H3. The Balaban J connectivity index is 1.26. The molecular weight excluding hydrogens is 412 g/mol. The van der Waals surface area contributed by atoms with Crippen LogP contribution in [0.15, 0.2) is 24.3 Å². The van der Waals surface area contributed by atoms with Gasteiger partial charge < -0.3 is 4.74 Å². The van der Waals surface area contributed by atoms with Gasteiger partial charge in [0.1, 0.15) is 5.75 Å². The molecule has 0 N–H and O–H groups in total. The lowest BCUT2D eigenvalue weighted by molar-refractivity contribution is 0.191. The van der Waals surface area contributed by atoms with Gasteiger partial charge in [-0.2, -0.15) is 0 Å². The summed E-state index contributed by atoms with van der Waals surface area (Å²) in [6, 6.07) is 9.06. The highest BCUT2D eigenvalue weighted by Crippen LogP contribution is 2.36. The van der Waals surface area contributed by atoms with E-state index >= 15 is 0 Å². The molecule has 2 aliphatic rings. The van der Waals surface area contributed by atoms with Gasteiger partial charge in [0.05, 0.1) is 6.61 Å². The van der Waals surface area contributed by atoms with Gasteiger partial charge in [-0.05, 0) is 67.1 Å². The van der Waals surface area contributed by atoms with Crippen LogP contribution in [0.4, 0.5) is 0 Å². The van der Waals surface area contributed by atoms with E-state index in [0.717, 1.165) is 36.0 Å². The predicted molar refractivity (Wildman–Crippen MR) is 149 cm³/mol. The van der Waals surface area contributed by atoms with Crippen molar-refractivity contribution in [2.45, 2.75) is 142 Å². The van der Waals surface area contributed by atoms with Gasteiger partial charge in [-0.15, -0.1) is 0 Å². The van der Waals surface area contributed by atoms with E-state index in [2.05, 4.69) is 38.1 Å². The van der Waals surface area contributed by atoms with Gasteiger partial charge in [0.15, 0.2) is 0 Å². The Kier molecular flexibility index (Phi) is 13.5. The monoisotopic (exact) mass is 468 g/mol. The average molecular weight is 469 g/mol. The van der Waals surface area contributed by atoms with Gasteiger partial charge in [-0.3, -0.25) is 0 Å². The Bertz CT molecular complexity index is 612. The second-order valence-electron chi connectivity index (χ2n) is 11.9. The maximum atomic E-state index is 6.12. The van der Waals surface area contributed by atoms with Crippen LogP contribution in [-0.2, 0) is 6.42 Å². The summed E-state index contributed by atoms with van der Waals surface area (Å²) in [6.07, 6.45) is 28.4. The van der Waals surface area contributed by atoms with Crippen molar-refractivity contribution in [2.24, 2.45) is 23.7 Å². The van der Waals surface area contributed by atoms with Crippen LogP contribution in [0.5, 0.6) is 5.75 Å². The lowest BCUT2D eigenvalue weighted by Crippen LogP contribution is -2.20. The van der Waals surface area contributed by atoms with Gasteiger partial charge in [0.25, 0.3) is 0 Å². The number of ether oxygens (including phenoxy) is 1. The Morgan fingerprint density at radius 1 is 0.618 bits per heavy atom. The largest absolute Gasteiger partial charge is 0.494 e. The third-order valence-electron chi connectivity index (χ3n) is 9.18. The van der Waals surface area contributed by atoms with Crippen molar-refractivity contribution >= 4 is 0 Å². The quantitative estimate of drug-likeness (QED) is 0.219. The van der Waals surface area contributed by atoms with Crippen molar-refractivity contribution in [2.75, 3.05) is 6.61 Å². The number of aryl methyl sites for hydroxylation is 1. The molecular formula is C33H56O. The summed E-state index contributed by atoms with van der Waals surface area (Å²) in [5.74, 6) is 5.02. The second kappa shape index (κ2) is 16.6. The topological polar surface area (TPSA) is 9.23 Å². The van der Waals surface area contributed by atoms with Crippen molar-refractivity contribution in [3.05, 3.63) is 29.8 Å². The molecule has 0 heterocycles. The van der Waals surface area contributed by atoms with Gasteiger partial charge in [-0.1, -0.05) is 129 Å². The molecule has 3 rings (SSSR count). The van der Waals surface area contributed by atoms with Gasteiger partial charge >= 0.3 is 0 Å². The molecule has 2 atom stereocenters. The van der Waals surface area contributed by atoms with Crippen molar-refractivity contribution in [3.8, 4) is 5.75 Å². The summed E-state index contributed by atoms with van der Waals surface area (Å²) >= 11 is 0. The van der Waals surface area contributed by atoms with Crippen LogP contribution in [0.2, 0.25) is 0 Å². The maximum absolute atomic E-state index is 6.12. The van der Waals surface area contributed by atoms with Crippen LogP contribution in [0.25, 0.3) is 0 Å². The summed E-state index contributed by atoms with van der Waals surface area (Å²) in [4.78, 5) is 0. The molecule has 1 heteroatoms. The van der Waals surface area contributed by atoms with Crippen molar-refractivity contribution in [1.29, 1.82) is 0 Å². The molecule has 2 saturated carbocycles. The average Bonchev–Trinajstić information content (AvgIpc) is 2.88. The maximum Gasteiger partial charge on any atom is 0.119 e. The van der Waals surface area contributed by atoms with Gasteiger partial charge in [-0.25, -0.2) is 0 Å². The zero-order chi connectivity index (χ0) is 23.8. The first-order valence-electron chi connectivity index (χ1n) is 15.5. The fraction of sp³-hybridized carbons (Fsp3) is 0.818. The Morgan fingerprint density at radius 2 is 1.24 bits per heavy atom. The highest BCUT2D eigenvalue weighted by molar-refractivity contribution is 5.27. The van der Waals surface area contributed by atoms with Crippen LogP contribution in [0.3, 0.4) is 0 Å².